The second-order valence-corrected chi connectivity index (χ2v) is 11.2. The molecule has 2 aromatic heterocycles. The molecule has 0 aliphatic carbocycles. The molecule has 0 bridgehead atoms. The molecular weight excluding hydrogens is 350 g/mol. The summed E-state index contributed by atoms with van der Waals surface area (Å²) < 4.78 is 8.57. The van der Waals surface area contributed by atoms with Gasteiger partial charge in [-0.2, -0.15) is 0 Å². The molecule has 0 aliphatic heterocycles. The summed E-state index contributed by atoms with van der Waals surface area (Å²) in [5, 5.41) is 0. The molecule has 0 atom stereocenters. The molecule has 0 unspecified atom stereocenters. The van der Waals surface area contributed by atoms with Crippen molar-refractivity contribution in [3.05, 3.63) is 28.6 Å². The second kappa shape index (κ2) is 6.50. The van der Waals surface area contributed by atoms with Crippen molar-refractivity contribution in [1.82, 2.24) is 14.5 Å². The Morgan fingerprint density at radius 2 is 2.10 bits per heavy atom. The third kappa shape index (κ3) is 4.08. The van der Waals surface area contributed by atoms with Crippen LogP contribution >= 0.6 is 26.0 Å². The Hall–Kier alpha value is -0.850. The van der Waals surface area contributed by atoms with Gasteiger partial charge in [0.1, 0.15) is 16.9 Å². The molecule has 0 aliphatic rings. The van der Waals surface area contributed by atoms with Crippen LogP contribution in [0, 0.1) is 6.92 Å². The number of halogens is 1. The second-order valence-electron chi connectivity index (χ2n) is 5.86. The summed E-state index contributed by atoms with van der Waals surface area (Å²) >= 11 is 3.43. The fourth-order valence-corrected chi connectivity index (χ4v) is 2.77. The first-order chi connectivity index (χ1) is 9.81. The van der Waals surface area contributed by atoms with Crippen LogP contribution in [0.4, 0.5) is 0 Å². The number of hydrogen-bond acceptors (Lipinski definition) is 3. The number of rotatable bonds is 6. The van der Waals surface area contributed by atoms with Crippen molar-refractivity contribution < 1.29 is 4.74 Å². The Morgan fingerprint density at radius 3 is 2.71 bits per heavy atom. The van der Waals surface area contributed by atoms with Crippen molar-refractivity contribution in [3.63, 3.8) is 0 Å². The minimum absolute atomic E-state index is 0.496. The van der Waals surface area contributed by atoms with E-state index in [0.29, 0.717) is 6.73 Å². The first kappa shape index (κ1) is 16.5. The Morgan fingerprint density at radius 1 is 1.38 bits per heavy atom. The standard InChI is InChI=1S/C15H22BrN3OS/c1-6-12-9-19(10-20-7-8-21(3,4)5)15-13(12)18-14(16)11(2)17-15/h6,9H,1,7-8,10H2,2-5H3. The van der Waals surface area contributed by atoms with E-state index in [0.717, 1.165) is 39.4 Å². The van der Waals surface area contributed by atoms with E-state index in [9.17, 15) is 0 Å². The molecule has 0 fully saturated rings. The van der Waals surface area contributed by atoms with Gasteiger partial charge in [0, 0.05) is 17.5 Å². The lowest BCUT2D eigenvalue weighted by Gasteiger charge is -2.24. The Bertz CT molecular complexity index is 661. The summed E-state index contributed by atoms with van der Waals surface area (Å²) in [4.78, 5) is 9.15. The van der Waals surface area contributed by atoms with Gasteiger partial charge in [0.15, 0.2) is 5.65 Å². The molecule has 6 heteroatoms. The zero-order valence-corrected chi connectivity index (χ0v) is 15.4. The Labute approximate surface area is 136 Å². The van der Waals surface area contributed by atoms with Gasteiger partial charge in [-0.05, 0) is 41.6 Å². The van der Waals surface area contributed by atoms with E-state index in [2.05, 4.69) is 51.2 Å². The maximum atomic E-state index is 5.80. The van der Waals surface area contributed by atoms with Crippen molar-refractivity contribution >= 4 is 43.2 Å². The molecular formula is C15H22BrN3OS. The van der Waals surface area contributed by atoms with Crippen molar-refractivity contribution in [3.8, 4) is 0 Å². The van der Waals surface area contributed by atoms with Crippen LogP contribution in [0.2, 0.25) is 0 Å². The van der Waals surface area contributed by atoms with Crippen LogP contribution < -0.4 is 0 Å². The molecule has 0 N–H and O–H groups in total. The van der Waals surface area contributed by atoms with Crippen molar-refractivity contribution in [2.75, 3.05) is 31.1 Å². The molecule has 0 aromatic carbocycles. The van der Waals surface area contributed by atoms with Crippen LogP contribution in [0.15, 0.2) is 17.4 Å². The van der Waals surface area contributed by atoms with E-state index in [1.54, 1.807) is 6.08 Å². The molecule has 2 rings (SSSR count). The van der Waals surface area contributed by atoms with Gasteiger partial charge >= 0.3 is 0 Å². The van der Waals surface area contributed by atoms with Crippen LogP contribution in [0.5, 0.6) is 0 Å². The first-order valence-corrected chi connectivity index (χ1v) is 10.5. The number of ether oxygens (including phenoxy) is 1. The average molecular weight is 372 g/mol. The maximum absolute atomic E-state index is 5.80. The average Bonchev–Trinajstić information content (AvgIpc) is 2.72. The smallest absolute Gasteiger partial charge is 0.161 e. The predicted molar refractivity (Wildman–Crippen MR) is 96.2 cm³/mol. The van der Waals surface area contributed by atoms with Crippen molar-refractivity contribution in [1.29, 1.82) is 0 Å². The van der Waals surface area contributed by atoms with E-state index in [1.807, 2.05) is 17.7 Å². The normalized spacial score (nSPS) is 12.8. The number of hydrogen-bond donors (Lipinski definition) is 0. The van der Waals surface area contributed by atoms with Crippen LogP contribution in [0.3, 0.4) is 0 Å². The largest absolute Gasteiger partial charge is 0.360 e. The molecule has 0 spiro atoms. The molecule has 2 heterocycles. The summed E-state index contributed by atoms with van der Waals surface area (Å²) in [5.74, 6) is 1.11. The fraction of sp³-hybridized carbons (Fsp3) is 0.467. The highest BCUT2D eigenvalue weighted by atomic mass is 79.9. The SMILES string of the molecule is C=Cc1cn(COCCS(C)(C)C)c2nc(C)c(Br)nc12. The van der Waals surface area contributed by atoms with Crippen LogP contribution in [-0.2, 0) is 11.5 Å². The molecule has 2 aromatic rings. The molecule has 0 saturated carbocycles. The van der Waals surface area contributed by atoms with E-state index in [4.69, 9.17) is 4.74 Å². The fourth-order valence-electron chi connectivity index (χ4n) is 1.89. The van der Waals surface area contributed by atoms with E-state index < -0.39 is 10.0 Å². The summed E-state index contributed by atoms with van der Waals surface area (Å²) in [6, 6.07) is 0. The highest BCUT2D eigenvalue weighted by Gasteiger charge is 2.12. The first-order valence-electron chi connectivity index (χ1n) is 6.71. The highest BCUT2D eigenvalue weighted by Crippen LogP contribution is 2.33. The molecule has 21 heavy (non-hydrogen) atoms. The Balaban J connectivity index is 2.20. The van der Waals surface area contributed by atoms with Crippen molar-refractivity contribution in [2.45, 2.75) is 13.7 Å². The number of fused-ring (bicyclic) bond motifs is 1. The van der Waals surface area contributed by atoms with E-state index in [1.165, 1.54) is 0 Å². The number of nitrogens with zero attached hydrogens (tertiary/aromatic N) is 3. The summed E-state index contributed by atoms with van der Waals surface area (Å²) in [6.45, 7) is 7.04. The summed E-state index contributed by atoms with van der Waals surface area (Å²) in [7, 11) is -0.517. The molecule has 0 radical (unpaired) electrons. The topological polar surface area (TPSA) is 39.9 Å². The molecule has 4 nitrogen and oxygen atoms in total. The minimum Gasteiger partial charge on any atom is -0.360 e. The third-order valence-electron chi connectivity index (χ3n) is 3.12. The van der Waals surface area contributed by atoms with Gasteiger partial charge in [0.2, 0.25) is 0 Å². The molecule has 0 saturated heterocycles. The summed E-state index contributed by atoms with van der Waals surface area (Å²) in [6.07, 6.45) is 10.7. The maximum Gasteiger partial charge on any atom is 0.161 e. The molecule has 0 amide bonds. The number of aromatic nitrogens is 3. The minimum atomic E-state index is -0.517. The zero-order chi connectivity index (χ0) is 15.6. The highest BCUT2D eigenvalue weighted by molar-refractivity contribution is 9.10. The third-order valence-corrected chi connectivity index (χ3v) is 5.27. The number of aryl methyl sites for hydroxylation is 1. The van der Waals surface area contributed by atoms with Gasteiger partial charge in [-0.15, -0.1) is 0 Å². The Kier molecular flexibility index (Phi) is 5.11. The monoisotopic (exact) mass is 371 g/mol. The lowest BCUT2D eigenvalue weighted by Crippen LogP contribution is -2.10. The van der Waals surface area contributed by atoms with E-state index in [-0.39, 0.29) is 0 Å². The summed E-state index contributed by atoms with van der Waals surface area (Å²) in [5.41, 5.74) is 3.54. The lowest BCUT2D eigenvalue weighted by atomic mass is 10.3. The van der Waals surface area contributed by atoms with E-state index >= 15 is 0 Å². The predicted octanol–water partition coefficient (Wildman–Crippen LogP) is 3.81. The van der Waals surface area contributed by atoms with Gasteiger partial charge in [-0.3, -0.25) is 0 Å². The van der Waals surface area contributed by atoms with Gasteiger partial charge < -0.3 is 9.30 Å². The quantitative estimate of drug-likeness (QED) is 0.724. The van der Waals surface area contributed by atoms with Gasteiger partial charge in [-0.25, -0.2) is 20.0 Å². The zero-order valence-electron chi connectivity index (χ0n) is 13.0. The lowest BCUT2D eigenvalue weighted by molar-refractivity contribution is 0.0923. The molecule has 116 valence electrons. The van der Waals surface area contributed by atoms with Crippen LogP contribution in [0.25, 0.3) is 17.2 Å². The van der Waals surface area contributed by atoms with Gasteiger partial charge in [-0.1, -0.05) is 12.7 Å². The van der Waals surface area contributed by atoms with Crippen LogP contribution in [0.1, 0.15) is 11.3 Å². The van der Waals surface area contributed by atoms with Crippen molar-refractivity contribution in [2.24, 2.45) is 0 Å². The van der Waals surface area contributed by atoms with Gasteiger partial charge in [0.25, 0.3) is 0 Å². The van der Waals surface area contributed by atoms with Gasteiger partial charge in [0.05, 0.1) is 12.3 Å². The van der Waals surface area contributed by atoms with Crippen LogP contribution in [-0.4, -0.2) is 45.7 Å².